The first-order valence-corrected chi connectivity index (χ1v) is 4.41. The highest BCUT2D eigenvalue weighted by atomic mass is 35.5. The Balaban J connectivity index is 0.00000196. The molecule has 0 aliphatic rings. The number of amidine groups is 1. The molecule has 4 nitrogen and oxygen atoms in total. The fraction of sp³-hybridized carbons (Fsp3) is 0.300. The lowest BCUT2D eigenvalue weighted by molar-refractivity contribution is 0.304. The van der Waals surface area contributed by atoms with Gasteiger partial charge in [-0.1, -0.05) is 0 Å². The number of rotatable bonds is 4. The summed E-state index contributed by atoms with van der Waals surface area (Å²) in [7, 11) is 1.90. The zero-order valence-corrected chi connectivity index (χ0v) is 9.42. The van der Waals surface area contributed by atoms with Crippen molar-refractivity contribution in [3.05, 3.63) is 29.8 Å². The van der Waals surface area contributed by atoms with E-state index in [1.807, 2.05) is 24.1 Å². The van der Waals surface area contributed by atoms with Crippen LogP contribution in [-0.4, -0.2) is 31.1 Å². The Kier molecular flexibility index (Phi) is 5.74. The van der Waals surface area contributed by atoms with Gasteiger partial charge in [-0.3, -0.25) is 5.41 Å². The second-order valence-electron chi connectivity index (χ2n) is 3.11. The summed E-state index contributed by atoms with van der Waals surface area (Å²) in [5.74, 6) is 0.0707. The van der Waals surface area contributed by atoms with Crippen molar-refractivity contribution >= 4 is 23.9 Å². The minimum absolute atomic E-state index is 0. The summed E-state index contributed by atoms with van der Waals surface area (Å²) in [6, 6.07) is 7.36. The number of aliphatic hydroxyl groups excluding tert-OH is 1. The van der Waals surface area contributed by atoms with Crippen molar-refractivity contribution in [2.75, 3.05) is 25.1 Å². The first-order valence-electron chi connectivity index (χ1n) is 4.41. The van der Waals surface area contributed by atoms with Crippen LogP contribution in [-0.2, 0) is 0 Å². The predicted octanol–water partition coefficient (Wildman–Crippen LogP) is 0.821. The van der Waals surface area contributed by atoms with Gasteiger partial charge in [-0.2, -0.15) is 0 Å². The van der Waals surface area contributed by atoms with Gasteiger partial charge in [0.2, 0.25) is 0 Å². The van der Waals surface area contributed by atoms with Gasteiger partial charge in [0.25, 0.3) is 0 Å². The molecule has 1 rings (SSSR count). The largest absolute Gasteiger partial charge is 0.395 e. The van der Waals surface area contributed by atoms with Gasteiger partial charge < -0.3 is 15.7 Å². The fourth-order valence-electron chi connectivity index (χ4n) is 1.17. The van der Waals surface area contributed by atoms with Crippen molar-refractivity contribution in [1.82, 2.24) is 0 Å². The van der Waals surface area contributed by atoms with Crippen LogP contribution in [0.25, 0.3) is 0 Å². The van der Waals surface area contributed by atoms with Crippen molar-refractivity contribution in [2.45, 2.75) is 0 Å². The summed E-state index contributed by atoms with van der Waals surface area (Å²) in [6.07, 6.45) is 0. The number of halogens is 1. The van der Waals surface area contributed by atoms with E-state index >= 15 is 0 Å². The first-order chi connectivity index (χ1) is 6.65. The summed E-state index contributed by atoms with van der Waals surface area (Å²) in [6.45, 7) is 0.727. The summed E-state index contributed by atoms with van der Waals surface area (Å²) in [4.78, 5) is 1.93. The number of nitrogens with zero attached hydrogens (tertiary/aromatic N) is 1. The Morgan fingerprint density at radius 1 is 1.40 bits per heavy atom. The van der Waals surface area contributed by atoms with Crippen molar-refractivity contribution in [3.8, 4) is 0 Å². The topological polar surface area (TPSA) is 73.3 Å². The molecule has 5 heteroatoms. The molecule has 1 aromatic carbocycles. The summed E-state index contributed by atoms with van der Waals surface area (Å²) < 4.78 is 0. The number of nitrogens with one attached hydrogen (secondary N) is 1. The molecule has 0 bridgehead atoms. The van der Waals surface area contributed by atoms with Crippen LogP contribution in [0.3, 0.4) is 0 Å². The standard InChI is InChI=1S/C10H15N3O.ClH/c1-13(6-7-14)9-4-2-8(3-5-9)10(11)12;/h2-5,14H,6-7H2,1H3,(H3,11,12);1H. The van der Waals surface area contributed by atoms with Crippen LogP contribution >= 0.6 is 12.4 Å². The lowest BCUT2D eigenvalue weighted by Gasteiger charge is -2.17. The molecule has 0 heterocycles. The molecule has 0 radical (unpaired) electrons. The van der Waals surface area contributed by atoms with Crippen LogP contribution in [0, 0.1) is 5.41 Å². The van der Waals surface area contributed by atoms with E-state index < -0.39 is 0 Å². The number of hydrogen-bond donors (Lipinski definition) is 3. The molecule has 0 saturated carbocycles. The molecular formula is C10H16ClN3O. The van der Waals surface area contributed by atoms with E-state index in [9.17, 15) is 0 Å². The SMILES string of the molecule is CN(CCO)c1ccc(C(=N)N)cc1.Cl. The van der Waals surface area contributed by atoms with Gasteiger partial charge >= 0.3 is 0 Å². The first kappa shape index (κ1) is 13.7. The van der Waals surface area contributed by atoms with Gasteiger partial charge in [0.15, 0.2) is 0 Å². The van der Waals surface area contributed by atoms with Crippen LogP contribution in [0.4, 0.5) is 5.69 Å². The molecule has 0 aliphatic carbocycles. The molecule has 0 saturated heterocycles. The minimum Gasteiger partial charge on any atom is -0.395 e. The van der Waals surface area contributed by atoms with Gasteiger partial charge in [0, 0.05) is 24.8 Å². The molecule has 0 aromatic heterocycles. The maximum Gasteiger partial charge on any atom is 0.122 e. The molecule has 4 N–H and O–H groups in total. The second-order valence-corrected chi connectivity index (χ2v) is 3.11. The Bertz CT molecular complexity index is 313. The molecule has 0 spiro atoms. The molecule has 1 aromatic rings. The van der Waals surface area contributed by atoms with E-state index in [0.717, 1.165) is 5.69 Å². The Hall–Kier alpha value is -1.26. The number of anilines is 1. The Morgan fingerprint density at radius 3 is 2.33 bits per heavy atom. The van der Waals surface area contributed by atoms with E-state index in [0.29, 0.717) is 12.1 Å². The summed E-state index contributed by atoms with van der Waals surface area (Å²) in [5.41, 5.74) is 7.05. The number of benzene rings is 1. The maximum atomic E-state index is 8.75. The highest BCUT2D eigenvalue weighted by Crippen LogP contribution is 2.12. The van der Waals surface area contributed by atoms with E-state index in [4.69, 9.17) is 16.2 Å². The third kappa shape index (κ3) is 3.77. The van der Waals surface area contributed by atoms with E-state index in [-0.39, 0.29) is 24.8 Å². The molecule has 15 heavy (non-hydrogen) atoms. The van der Waals surface area contributed by atoms with Crippen LogP contribution in [0.5, 0.6) is 0 Å². The highest BCUT2D eigenvalue weighted by Gasteiger charge is 2.00. The third-order valence-electron chi connectivity index (χ3n) is 2.05. The molecule has 0 atom stereocenters. The monoisotopic (exact) mass is 229 g/mol. The molecule has 0 unspecified atom stereocenters. The quantitative estimate of drug-likeness (QED) is 0.529. The predicted molar refractivity (Wildman–Crippen MR) is 65.1 cm³/mol. The number of aliphatic hydroxyl groups is 1. The van der Waals surface area contributed by atoms with E-state index in [2.05, 4.69) is 0 Å². The zero-order valence-electron chi connectivity index (χ0n) is 8.60. The van der Waals surface area contributed by atoms with Crippen molar-refractivity contribution in [3.63, 3.8) is 0 Å². The lowest BCUT2D eigenvalue weighted by atomic mass is 10.2. The van der Waals surface area contributed by atoms with E-state index in [1.165, 1.54) is 0 Å². The van der Waals surface area contributed by atoms with Gasteiger partial charge in [0.05, 0.1) is 6.61 Å². The number of nitrogen functional groups attached to an aromatic ring is 1. The summed E-state index contributed by atoms with van der Waals surface area (Å²) in [5, 5.41) is 16.0. The van der Waals surface area contributed by atoms with E-state index in [1.54, 1.807) is 12.1 Å². The minimum atomic E-state index is 0. The van der Waals surface area contributed by atoms with Gasteiger partial charge in [-0.25, -0.2) is 0 Å². The van der Waals surface area contributed by atoms with Gasteiger partial charge in [-0.15, -0.1) is 12.4 Å². The molecule has 0 fully saturated rings. The number of nitrogens with two attached hydrogens (primary N) is 1. The number of likely N-dealkylation sites (N-methyl/N-ethyl adjacent to an activating group) is 1. The Labute approximate surface area is 95.6 Å². The average Bonchev–Trinajstić information content (AvgIpc) is 2.18. The van der Waals surface area contributed by atoms with Crippen LogP contribution in [0.15, 0.2) is 24.3 Å². The highest BCUT2D eigenvalue weighted by molar-refractivity contribution is 5.95. The molecular weight excluding hydrogens is 214 g/mol. The van der Waals surface area contributed by atoms with Crippen LogP contribution in [0.2, 0.25) is 0 Å². The number of hydrogen-bond acceptors (Lipinski definition) is 3. The normalized spacial score (nSPS) is 9.20. The van der Waals surface area contributed by atoms with Crippen molar-refractivity contribution in [2.24, 2.45) is 5.73 Å². The van der Waals surface area contributed by atoms with Gasteiger partial charge in [0.1, 0.15) is 5.84 Å². The van der Waals surface area contributed by atoms with Crippen molar-refractivity contribution < 1.29 is 5.11 Å². The fourth-order valence-corrected chi connectivity index (χ4v) is 1.17. The maximum absolute atomic E-state index is 8.75. The lowest BCUT2D eigenvalue weighted by Crippen LogP contribution is -2.21. The third-order valence-corrected chi connectivity index (χ3v) is 2.05. The molecule has 0 amide bonds. The van der Waals surface area contributed by atoms with Gasteiger partial charge in [-0.05, 0) is 24.3 Å². The average molecular weight is 230 g/mol. The molecule has 0 aliphatic heterocycles. The smallest absolute Gasteiger partial charge is 0.122 e. The van der Waals surface area contributed by atoms with Crippen LogP contribution < -0.4 is 10.6 Å². The van der Waals surface area contributed by atoms with Crippen LogP contribution in [0.1, 0.15) is 5.56 Å². The second kappa shape index (κ2) is 6.27. The zero-order chi connectivity index (χ0) is 10.6. The summed E-state index contributed by atoms with van der Waals surface area (Å²) >= 11 is 0. The van der Waals surface area contributed by atoms with Crippen molar-refractivity contribution in [1.29, 1.82) is 5.41 Å². The molecule has 84 valence electrons. The Morgan fingerprint density at radius 2 is 1.93 bits per heavy atom.